The van der Waals surface area contributed by atoms with Gasteiger partial charge in [0.05, 0.1) is 23.5 Å². The second-order valence-electron chi connectivity index (χ2n) is 3.68. The number of nitro benzene ring substituents is 1. The molecule has 1 aromatic carbocycles. The second-order valence-corrected chi connectivity index (χ2v) is 3.68. The fourth-order valence-electron chi connectivity index (χ4n) is 1.30. The van der Waals surface area contributed by atoms with Crippen molar-refractivity contribution in [2.75, 3.05) is 5.32 Å². The zero-order valence-corrected chi connectivity index (χ0v) is 9.63. The summed E-state index contributed by atoms with van der Waals surface area (Å²) in [6, 6.07) is 1.40. The zero-order chi connectivity index (χ0) is 14.6. The lowest BCUT2D eigenvalue weighted by Gasteiger charge is -2.10. The number of hydrogen-bond donors (Lipinski definition) is 3. The molecule has 5 N–H and O–H groups in total. The highest BCUT2D eigenvalue weighted by Crippen LogP contribution is 2.25. The van der Waals surface area contributed by atoms with Gasteiger partial charge in [-0.2, -0.15) is 0 Å². The lowest BCUT2D eigenvalue weighted by atomic mass is 10.2. The quantitative estimate of drug-likeness (QED) is 0.505. The first-order chi connectivity index (χ1) is 8.81. The van der Waals surface area contributed by atoms with Gasteiger partial charge in [-0.15, -0.1) is 0 Å². The van der Waals surface area contributed by atoms with Crippen LogP contribution in [0, 0.1) is 15.9 Å². The van der Waals surface area contributed by atoms with Crippen molar-refractivity contribution in [3.05, 3.63) is 34.1 Å². The Bertz CT molecular complexity index is 534. The number of nitrogens with two attached hydrogens (primary N) is 2. The standard InChI is InChI=1S/C10H11FN4O4/c11-5-1-2-7(8(3-5)15(18)19)14-10(17)6(12)4-9(13)16/h1-3,6H,4,12H2,(H2,13,16)(H,14,17). The number of amides is 2. The van der Waals surface area contributed by atoms with Crippen LogP contribution in [0.3, 0.4) is 0 Å². The van der Waals surface area contributed by atoms with Crippen LogP contribution in [0.1, 0.15) is 6.42 Å². The third-order valence-electron chi connectivity index (χ3n) is 2.17. The third-order valence-corrected chi connectivity index (χ3v) is 2.17. The van der Waals surface area contributed by atoms with Gasteiger partial charge in [0.1, 0.15) is 11.5 Å². The van der Waals surface area contributed by atoms with E-state index in [1.54, 1.807) is 0 Å². The molecule has 1 unspecified atom stereocenters. The monoisotopic (exact) mass is 270 g/mol. The summed E-state index contributed by atoms with van der Waals surface area (Å²) in [5.74, 6) is -2.42. The van der Waals surface area contributed by atoms with Gasteiger partial charge in [0, 0.05) is 0 Å². The first kappa shape index (κ1) is 14.5. The van der Waals surface area contributed by atoms with Gasteiger partial charge in [-0.25, -0.2) is 4.39 Å². The summed E-state index contributed by atoms with van der Waals surface area (Å²) in [5, 5.41) is 12.8. The van der Waals surface area contributed by atoms with Crippen LogP contribution in [-0.2, 0) is 9.59 Å². The zero-order valence-electron chi connectivity index (χ0n) is 9.63. The van der Waals surface area contributed by atoms with E-state index in [0.29, 0.717) is 6.07 Å². The summed E-state index contributed by atoms with van der Waals surface area (Å²) >= 11 is 0. The number of benzene rings is 1. The number of nitrogens with zero attached hydrogens (tertiary/aromatic N) is 1. The minimum absolute atomic E-state index is 0.212. The first-order valence-corrected chi connectivity index (χ1v) is 5.10. The number of carbonyl (C=O) groups is 2. The predicted octanol–water partition coefficient (Wildman–Crippen LogP) is -0.125. The largest absolute Gasteiger partial charge is 0.370 e. The number of halogens is 1. The van der Waals surface area contributed by atoms with Gasteiger partial charge in [-0.3, -0.25) is 19.7 Å². The molecule has 0 saturated carbocycles. The molecular formula is C10H11FN4O4. The summed E-state index contributed by atoms with van der Waals surface area (Å²) in [6.07, 6.45) is -0.402. The molecule has 19 heavy (non-hydrogen) atoms. The van der Waals surface area contributed by atoms with Gasteiger partial charge in [-0.05, 0) is 12.1 Å². The van der Waals surface area contributed by atoms with Gasteiger partial charge >= 0.3 is 0 Å². The summed E-state index contributed by atoms with van der Waals surface area (Å²) in [5.41, 5.74) is 9.41. The molecule has 1 rings (SSSR count). The number of anilines is 1. The van der Waals surface area contributed by atoms with Crippen molar-refractivity contribution in [2.24, 2.45) is 11.5 Å². The molecule has 0 aliphatic rings. The number of rotatable bonds is 5. The van der Waals surface area contributed by atoms with E-state index in [4.69, 9.17) is 11.5 Å². The Labute approximate surface area is 106 Å². The second kappa shape index (κ2) is 5.87. The minimum Gasteiger partial charge on any atom is -0.370 e. The van der Waals surface area contributed by atoms with Crippen molar-refractivity contribution in [1.82, 2.24) is 0 Å². The Hall–Kier alpha value is -2.55. The van der Waals surface area contributed by atoms with Crippen LogP contribution in [0.2, 0.25) is 0 Å². The Balaban J connectivity index is 2.90. The van der Waals surface area contributed by atoms with Gasteiger partial charge < -0.3 is 16.8 Å². The molecule has 8 nitrogen and oxygen atoms in total. The highest BCUT2D eigenvalue weighted by Gasteiger charge is 2.21. The van der Waals surface area contributed by atoms with Crippen molar-refractivity contribution in [3.63, 3.8) is 0 Å². The van der Waals surface area contributed by atoms with Crippen LogP contribution < -0.4 is 16.8 Å². The maximum Gasteiger partial charge on any atom is 0.295 e. The molecule has 0 aromatic heterocycles. The Kier molecular flexibility index (Phi) is 4.48. The van der Waals surface area contributed by atoms with E-state index in [0.717, 1.165) is 12.1 Å². The fourth-order valence-corrected chi connectivity index (χ4v) is 1.30. The normalized spacial score (nSPS) is 11.7. The molecule has 1 aromatic rings. The number of primary amides is 1. The van der Waals surface area contributed by atoms with Crippen molar-refractivity contribution in [2.45, 2.75) is 12.5 Å². The van der Waals surface area contributed by atoms with Crippen LogP contribution in [0.15, 0.2) is 18.2 Å². The minimum atomic E-state index is -1.23. The van der Waals surface area contributed by atoms with E-state index < -0.39 is 40.7 Å². The van der Waals surface area contributed by atoms with Gasteiger partial charge in [-0.1, -0.05) is 0 Å². The molecule has 0 heterocycles. The number of nitrogens with one attached hydrogen (secondary N) is 1. The van der Waals surface area contributed by atoms with E-state index in [1.165, 1.54) is 0 Å². The van der Waals surface area contributed by atoms with E-state index in [2.05, 4.69) is 5.32 Å². The highest BCUT2D eigenvalue weighted by atomic mass is 19.1. The van der Waals surface area contributed by atoms with Gasteiger partial charge in [0.2, 0.25) is 11.8 Å². The van der Waals surface area contributed by atoms with Gasteiger partial charge in [0.15, 0.2) is 0 Å². The Morgan fingerprint density at radius 1 is 1.47 bits per heavy atom. The molecule has 0 bridgehead atoms. The van der Waals surface area contributed by atoms with Crippen LogP contribution in [-0.4, -0.2) is 22.8 Å². The van der Waals surface area contributed by atoms with Crippen molar-refractivity contribution in [3.8, 4) is 0 Å². The fraction of sp³-hybridized carbons (Fsp3) is 0.200. The van der Waals surface area contributed by atoms with Gasteiger partial charge in [0.25, 0.3) is 5.69 Å². The molecule has 1 atom stereocenters. The topological polar surface area (TPSA) is 141 Å². The SMILES string of the molecule is NC(=O)CC(N)C(=O)Nc1ccc(F)cc1[N+](=O)[O-]. The highest BCUT2D eigenvalue weighted by molar-refractivity contribution is 5.98. The van der Waals surface area contributed by atoms with Crippen LogP contribution >= 0.6 is 0 Å². The van der Waals surface area contributed by atoms with Crippen LogP contribution in [0.25, 0.3) is 0 Å². The number of carbonyl (C=O) groups excluding carboxylic acids is 2. The average Bonchev–Trinajstić information content (AvgIpc) is 2.30. The smallest absolute Gasteiger partial charge is 0.295 e. The molecule has 102 valence electrons. The molecule has 0 fully saturated rings. The molecule has 0 saturated heterocycles. The third kappa shape index (κ3) is 4.00. The van der Waals surface area contributed by atoms with E-state index in [9.17, 15) is 24.1 Å². The summed E-state index contributed by atoms with van der Waals surface area (Å²) in [4.78, 5) is 32.0. The molecule has 0 aliphatic carbocycles. The van der Waals surface area contributed by atoms with Crippen molar-refractivity contribution >= 4 is 23.2 Å². The molecule has 0 radical (unpaired) electrons. The molecule has 0 spiro atoms. The summed E-state index contributed by atoms with van der Waals surface area (Å²) in [7, 11) is 0. The number of nitro groups is 1. The summed E-state index contributed by atoms with van der Waals surface area (Å²) in [6.45, 7) is 0. The van der Waals surface area contributed by atoms with E-state index in [-0.39, 0.29) is 5.69 Å². The first-order valence-electron chi connectivity index (χ1n) is 5.10. The van der Waals surface area contributed by atoms with E-state index >= 15 is 0 Å². The number of hydrogen-bond acceptors (Lipinski definition) is 5. The Morgan fingerprint density at radius 2 is 2.11 bits per heavy atom. The maximum absolute atomic E-state index is 12.9. The Morgan fingerprint density at radius 3 is 2.63 bits per heavy atom. The lowest BCUT2D eigenvalue weighted by Crippen LogP contribution is -2.39. The summed E-state index contributed by atoms with van der Waals surface area (Å²) < 4.78 is 12.9. The molecule has 9 heteroatoms. The molecule has 0 aliphatic heterocycles. The predicted molar refractivity (Wildman–Crippen MR) is 63.5 cm³/mol. The molecule has 2 amide bonds. The van der Waals surface area contributed by atoms with Crippen LogP contribution in [0.5, 0.6) is 0 Å². The average molecular weight is 270 g/mol. The van der Waals surface area contributed by atoms with Crippen molar-refractivity contribution in [1.29, 1.82) is 0 Å². The van der Waals surface area contributed by atoms with Crippen molar-refractivity contribution < 1.29 is 18.9 Å². The maximum atomic E-state index is 12.9. The van der Waals surface area contributed by atoms with Crippen LogP contribution in [0.4, 0.5) is 15.8 Å². The van der Waals surface area contributed by atoms with E-state index in [1.807, 2.05) is 0 Å². The lowest BCUT2D eigenvalue weighted by molar-refractivity contribution is -0.384. The molecular weight excluding hydrogens is 259 g/mol.